The molecule has 0 aromatic heterocycles. The molecule has 0 aliphatic rings. The summed E-state index contributed by atoms with van der Waals surface area (Å²) in [7, 11) is 0. The number of hydrogen-bond acceptors (Lipinski definition) is 4. The highest BCUT2D eigenvalue weighted by Gasteiger charge is 2.15. The first kappa shape index (κ1) is 14.8. The number of nitro benzene ring substituents is 1. The molecule has 1 amide bonds. The quantitative estimate of drug-likeness (QED) is 0.495. The molecule has 0 radical (unpaired) electrons. The third-order valence-electron chi connectivity index (χ3n) is 1.99. The Labute approximate surface area is 118 Å². The summed E-state index contributed by atoms with van der Waals surface area (Å²) in [4.78, 5) is 26.8. The molecule has 0 unspecified atom stereocenters. The molecule has 0 fully saturated rings. The molecule has 0 aliphatic carbocycles. The van der Waals surface area contributed by atoms with E-state index in [1.165, 1.54) is 18.2 Å². The molecule has 1 aromatic carbocycles. The Morgan fingerprint density at radius 2 is 2.22 bits per heavy atom. The number of non-ortho nitro benzene ring substituents is 1. The lowest BCUT2D eigenvalue weighted by Gasteiger charge is -2.08. The van der Waals surface area contributed by atoms with Crippen LogP contribution < -0.4 is 5.48 Å². The molecule has 18 heavy (non-hydrogen) atoms. The monoisotopic (exact) mass is 364 g/mol. The van der Waals surface area contributed by atoms with Crippen molar-refractivity contribution in [1.29, 1.82) is 0 Å². The molecule has 1 rings (SSSR count). The largest absolute Gasteiger partial charge is 0.276 e. The van der Waals surface area contributed by atoms with Crippen LogP contribution in [0.4, 0.5) is 5.69 Å². The van der Waals surface area contributed by atoms with Crippen LogP contribution in [0.3, 0.4) is 0 Å². The van der Waals surface area contributed by atoms with Crippen LogP contribution >= 0.6 is 22.6 Å². The van der Waals surface area contributed by atoms with Crippen molar-refractivity contribution in [3.63, 3.8) is 0 Å². The van der Waals surface area contributed by atoms with Gasteiger partial charge in [0.05, 0.1) is 17.1 Å². The van der Waals surface area contributed by atoms with Crippen LogP contribution in [0.2, 0.25) is 0 Å². The summed E-state index contributed by atoms with van der Waals surface area (Å²) in [5.74, 6) is -0.196. The molecule has 98 valence electrons. The number of halogens is 1. The van der Waals surface area contributed by atoms with Gasteiger partial charge in [-0.25, -0.2) is 5.48 Å². The minimum atomic E-state index is -0.540. The number of amides is 1. The van der Waals surface area contributed by atoms with Crippen molar-refractivity contribution in [3.8, 4) is 0 Å². The van der Waals surface area contributed by atoms with Gasteiger partial charge in [0.1, 0.15) is 0 Å². The van der Waals surface area contributed by atoms with Crippen LogP contribution in [0.5, 0.6) is 0 Å². The first-order valence-corrected chi connectivity index (χ1v) is 6.35. The van der Waals surface area contributed by atoms with E-state index in [-0.39, 0.29) is 17.2 Å². The summed E-state index contributed by atoms with van der Waals surface area (Å²) in [5, 5.41) is 10.6. The number of carbonyl (C=O) groups is 1. The van der Waals surface area contributed by atoms with Crippen LogP contribution in [0.15, 0.2) is 18.2 Å². The number of hydroxylamine groups is 1. The van der Waals surface area contributed by atoms with Crippen molar-refractivity contribution in [3.05, 3.63) is 37.4 Å². The maximum atomic E-state index is 11.8. The lowest BCUT2D eigenvalue weighted by atomic mass is 10.2. The molecule has 0 bridgehead atoms. The van der Waals surface area contributed by atoms with Gasteiger partial charge in [0.15, 0.2) is 0 Å². The summed E-state index contributed by atoms with van der Waals surface area (Å²) in [6, 6.07) is 4.11. The highest BCUT2D eigenvalue weighted by Crippen LogP contribution is 2.19. The standard InChI is InChI=1S/C11H13IN2O4/c1-7(2)6-18-13-11(15)9-5-8(14(16)17)3-4-10(9)12/h3-5,7H,6H2,1-2H3,(H,13,15). The summed E-state index contributed by atoms with van der Waals surface area (Å²) in [6.45, 7) is 4.28. The lowest BCUT2D eigenvalue weighted by Crippen LogP contribution is -2.26. The Hall–Kier alpha value is -1.22. The zero-order chi connectivity index (χ0) is 13.7. The first-order valence-electron chi connectivity index (χ1n) is 5.28. The molecule has 0 saturated heterocycles. The summed E-state index contributed by atoms with van der Waals surface area (Å²) < 4.78 is 0.629. The summed E-state index contributed by atoms with van der Waals surface area (Å²) in [5.41, 5.74) is 2.38. The van der Waals surface area contributed by atoms with E-state index in [2.05, 4.69) is 5.48 Å². The minimum absolute atomic E-state index is 0.121. The molecule has 0 saturated carbocycles. The molecular formula is C11H13IN2O4. The van der Waals surface area contributed by atoms with E-state index >= 15 is 0 Å². The van der Waals surface area contributed by atoms with E-state index in [0.29, 0.717) is 10.2 Å². The molecule has 0 heterocycles. The summed E-state index contributed by atoms with van der Waals surface area (Å²) in [6.07, 6.45) is 0. The van der Waals surface area contributed by atoms with Gasteiger partial charge in [-0.3, -0.25) is 19.7 Å². The number of nitro groups is 1. The normalized spacial score (nSPS) is 10.4. The van der Waals surface area contributed by atoms with Gasteiger partial charge in [-0.05, 0) is 34.6 Å². The van der Waals surface area contributed by atoms with Gasteiger partial charge >= 0.3 is 0 Å². The number of nitrogens with zero attached hydrogens (tertiary/aromatic N) is 1. The second kappa shape index (κ2) is 6.64. The number of benzene rings is 1. The zero-order valence-electron chi connectivity index (χ0n) is 9.97. The topological polar surface area (TPSA) is 81.5 Å². The summed E-state index contributed by atoms with van der Waals surface area (Å²) >= 11 is 1.94. The van der Waals surface area contributed by atoms with Crippen molar-refractivity contribution >= 4 is 34.2 Å². The molecular weight excluding hydrogens is 351 g/mol. The zero-order valence-corrected chi connectivity index (χ0v) is 12.1. The molecule has 6 nitrogen and oxygen atoms in total. The Morgan fingerprint density at radius 3 is 2.78 bits per heavy atom. The van der Waals surface area contributed by atoms with E-state index in [1.807, 2.05) is 36.4 Å². The second-order valence-electron chi connectivity index (χ2n) is 4.06. The van der Waals surface area contributed by atoms with Crippen LogP contribution in [-0.4, -0.2) is 17.4 Å². The number of hydrogen-bond donors (Lipinski definition) is 1. The number of carbonyl (C=O) groups excluding carboxylic acids is 1. The van der Waals surface area contributed by atoms with Gasteiger partial charge in [-0.1, -0.05) is 13.8 Å². The minimum Gasteiger partial charge on any atom is -0.273 e. The van der Waals surface area contributed by atoms with Crippen molar-refractivity contribution in [2.45, 2.75) is 13.8 Å². The number of rotatable bonds is 5. The molecule has 1 N–H and O–H groups in total. The third kappa shape index (κ3) is 4.22. The smallest absolute Gasteiger partial charge is 0.273 e. The van der Waals surface area contributed by atoms with Crippen LogP contribution in [0.25, 0.3) is 0 Å². The van der Waals surface area contributed by atoms with Gasteiger partial charge in [0, 0.05) is 15.7 Å². The SMILES string of the molecule is CC(C)CONC(=O)c1cc([N+](=O)[O-])ccc1I. The van der Waals surface area contributed by atoms with Crippen molar-refractivity contribution < 1.29 is 14.6 Å². The average molecular weight is 364 g/mol. The van der Waals surface area contributed by atoms with Gasteiger partial charge in [0.2, 0.25) is 0 Å². The maximum absolute atomic E-state index is 11.8. The number of nitrogens with one attached hydrogen (secondary N) is 1. The van der Waals surface area contributed by atoms with E-state index < -0.39 is 10.8 Å². The third-order valence-corrected chi connectivity index (χ3v) is 2.93. The predicted octanol–water partition coefficient (Wildman–Crippen LogP) is 2.52. The fourth-order valence-corrected chi connectivity index (χ4v) is 1.71. The van der Waals surface area contributed by atoms with E-state index in [0.717, 1.165) is 0 Å². The average Bonchev–Trinajstić information content (AvgIpc) is 2.28. The first-order chi connectivity index (χ1) is 8.41. The second-order valence-corrected chi connectivity index (χ2v) is 5.22. The molecule has 0 aliphatic heterocycles. The van der Waals surface area contributed by atoms with Gasteiger partial charge in [0.25, 0.3) is 11.6 Å². The van der Waals surface area contributed by atoms with Crippen LogP contribution in [-0.2, 0) is 4.84 Å². The van der Waals surface area contributed by atoms with Gasteiger partial charge in [-0.2, -0.15) is 0 Å². The molecule has 0 spiro atoms. The van der Waals surface area contributed by atoms with Crippen molar-refractivity contribution in [1.82, 2.24) is 5.48 Å². The highest BCUT2D eigenvalue weighted by molar-refractivity contribution is 14.1. The Kier molecular flexibility index (Phi) is 5.48. The Morgan fingerprint density at radius 1 is 1.56 bits per heavy atom. The maximum Gasteiger partial charge on any atom is 0.276 e. The highest BCUT2D eigenvalue weighted by atomic mass is 127. The van der Waals surface area contributed by atoms with Crippen LogP contribution in [0.1, 0.15) is 24.2 Å². The van der Waals surface area contributed by atoms with E-state index in [9.17, 15) is 14.9 Å². The predicted molar refractivity (Wildman–Crippen MR) is 74.1 cm³/mol. The van der Waals surface area contributed by atoms with E-state index in [4.69, 9.17) is 4.84 Å². The fraction of sp³-hybridized carbons (Fsp3) is 0.364. The Bertz CT molecular complexity index is 462. The molecule has 0 atom stereocenters. The van der Waals surface area contributed by atoms with Crippen molar-refractivity contribution in [2.24, 2.45) is 5.92 Å². The lowest BCUT2D eigenvalue weighted by molar-refractivity contribution is -0.384. The van der Waals surface area contributed by atoms with Crippen molar-refractivity contribution in [2.75, 3.05) is 6.61 Å². The Balaban J connectivity index is 2.78. The molecule has 1 aromatic rings. The van der Waals surface area contributed by atoms with Gasteiger partial charge in [-0.15, -0.1) is 0 Å². The van der Waals surface area contributed by atoms with Gasteiger partial charge < -0.3 is 0 Å². The van der Waals surface area contributed by atoms with E-state index in [1.54, 1.807) is 0 Å². The van der Waals surface area contributed by atoms with Crippen LogP contribution in [0, 0.1) is 19.6 Å². The fourth-order valence-electron chi connectivity index (χ4n) is 1.13. The molecule has 7 heteroatoms.